The monoisotopic (exact) mass is 294 g/mol. The van der Waals surface area contributed by atoms with Crippen molar-refractivity contribution >= 4 is 22.3 Å². The molecule has 1 fully saturated rings. The lowest BCUT2D eigenvalue weighted by atomic mass is 9.97. The molecule has 0 aromatic heterocycles. The standard InChI is InChI=1S/C10H18N2O6S/c1-2-18-10(15)12-19(16,17)11-6-7-4-3-5-8(7)9(13)14/h7-8,11H,2-6H2,1H3,(H,12,15)(H,13,14). The predicted octanol–water partition coefficient (Wildman–Crippen LogP) is 0.0678. The third-order valence-electron chi connectivity index (χ3n) is 3.00. The van der Waals surface area contributed by atoms with Gasteiger partial charge in [-0.05, 0) is 25.7 Å². The molecule has 9 heteroatoms. The van der Waals surface area contributed by atoms with E-state index in [9.17, 15) is 18.0 Å². The van der Waals surface area contributed by atoms with Gasteiger partial charge in [0.25, 0.3) is 0 Å². The topological polar surface area (TPSA) is 122 Å². The molecule has 0 bridgehead atoms. The predicted molar refractivity (Wildman–Crippen MR) is 65.5 cm³/mol. The summed E-state index contributed by atoms with van der Waals surface area (Å²) in [5.74, 6) is -1.71. The molecule has 0 aromatic rings. The molecule has 0 radical (unpaired) electrons. The number of hydrogen-bond acceptors (Lipinski definition) is 5. The molecule has 2 unspecified atom stereocenters. The highest BCUT2D eigenvalue weighted by atomic mass is 32.2. The first-order valence-electron chi connectivity index (χ1n) is 6.02. The van der Waals surface area contributed by atoms with E-state index in [1.165, 1.54) is 0 Å². The minimum atomic E-state index is -4.01. The van der Waals surface area contributed by atoms with Crippen molar-refractivity contribution in [1.82, 2.24) is 9.44 Å². The van der Waals surface area contributed by atoms with Crippen LogP contribution in [0.5, 0.6) is 0 Å². The second-order valence-corrected chi connectivity index (χ2v) is 5.81. The second-order valence-electron chi connectivity index (χ2n) is 4.31. The van der Waals surface area contributed by atoms with Gasteiger partial charge >= 0.3 is 22.3 Å². The summed E-state index contributed by atoms with van der Waals surface area (Å²) < 4.78 is 31.3. The van der Waals surface area contributed by atoms with E-state index in [4.69, 9.17) is 5.11 Å². The van der Waals surface area contributed by atoms with Gasteiger partial charge < -0.3 is 9.84 Å². The number of carbonyl (C=O) groups is 2. The first kappa shape index (κ1) is 15.7. The summed E-state index contributed by atoms with van der Waals surface area (Å²) >= 11 is 0. The van der Waals surface area contributed by atoms with Gasteiger partial charge in [-0.3, -0.25) is 4.79 Å². The van der Waals surface area contributed by atoms with Crippen molar-refractivity contribution in [3.63, 3.8) is 0 Å². The molecule has 110 valence electrons. The summed E-state index contributed by atoms with van der Waals surface area (Å²) in [5, 5.41) is 8.96. The van der Waals surface area contributed by atoms with Crippen molar-refractivity contribution in [2.75, 3.05) is 13.2 Å². The maximum Gasteiger partial charge on any atom is 0.421 e. The van der Waals surface area contributed by atoms with Crippen molar-refractivity contribution < 1.29 is 27.9 Å². The number of amides is 1. The molecule has 1 amide bonds. The Kier molecular flexibility index (Phi) is 5.55. The molecule has 19 heavy (non-hydrogen) atoms. The zero-order valence-corrected chi connectivity index (χ0v) is 11.4. The second kappa shape index (κ2) is 6.71. The summed E-state index contributed by atoms with van der Waals surface area (Å²) in [7, 11) is -4.01. The van der Waals surface area contributed by atoms with Gasteiger partial charge in [-0.2, -0.15) is 13.1 Å². The van der Waals surface area contributed by atoms with E-state index in [0.717, 1.165) is 6.42 Å². The lowest BCUT2D eigenvalue weighted by Crippen LogP contribution is -2.43. The number of ether oxygens (including phenoxy) is 1. The molecule has 0 spiro atoms. The molecule has 0 aromatic carbocycles. The Hall–Kier alpha value is -1.35. The highest BCUT2D eigenvalue weighted by molar-refractivity contribution is 7.88. The average molecular weight is 294 g/mol. The average Bonchev–Trinajstić information content (AvgIpc) is 2.74. The van der Waals surface area contributed by atoms with Crippen molar-refractivity contribution in [2.24, 2.45) is 11.8 Å². The van der Waals surface area contributed by atoms with Crippen LogP contribution in [0.2, 0.25) is 0 Å². The number of carbonyl (C=O) groups excluding carboxylic acids is 1. The first-order valence-corrected chi connectivity index (χ1v) is 7.51. The Labute approximate surface area is 111 Å². The van der Waals surface area contributed by atoms with Crippen LogP contribution in [-0.4, -0.2) is 38.7 Å². The zero-order chi connectivity index (χ0) is 14.5. The fraction of sp³-hybridized carbons (Fsp3) is 0.800. The smallest absolute Gasteiger partial charge is 0.421 e. The summed E-state index contributed by atoms with van der Waals surface area (Å²) in [6, 6.07) is 0. The molecule has 1 saturated carbocycles. The molecule has 2 atom stereocenters. The van der Waals surface area contributed by atoms with E-state index < -0.39 is 28.2 Å². The molecular weight excluding hydrogens is 276 g/mol. The van der Waals surface area contributed by atoms with Gasteiger partial charge in [0, 0.05) is 6.54 Å². The largest absolute Gasteiger partial charge is 0.481 e. The summed E-state index contributed by atoms with van der Waals surface area (Å²) in [4.78, 5) is 21.9. The Morgan fingerprint density at radius 1 is 1.37 bits per heavy atom. The SMILES string of the molecule is CCOC(=O)NS(=O)(=O)NCC1CCCC1C(=O)O. The lowest BCUT2D eigenvalue weighted by Gasteiger charge is -2.16. The van der Waals surface area contributed by atoms with Gasteiger partial charge in [0.2, 0.25) is 0 Å². The van der Waals surface area contributed by atoms with Crippen LogP contribution >= 0.6 is 0 Å². The van der Waals surface area contributed by atoms with E-state index in [1.807, 2.05) is 0 Å². The van der Waals surface area contributed by atoms with Gasteiger partial charge in [0.1, 0.15) is 0 Å². The fourth-order valence-corrected chi connectivity index (χ4v) is 2.91. The van der Waals surface area contributed by atoms with Crippen molar-refractivity contribution in [3.05, 3.63) is 0 Å². The van der Waals surface area contributed by atoms with Gasteiger partial charge in [-0.25, -0.2) is 9.52 Å². The van der Waals surface area contributed by atoms with Crippen LogP contribution in [-0.2, 0) is 19.7 Å². The lowest BCUT2D eigenvalue weighted by molar-refractivity contribution is -0.142. The molecule has 0 aliphatic heterocycles. The number of carboxylic acid groups (broad SMARTS) is 1. The van der Waals surface area contributed by atoms with Crippen molar-refractivity contribution in [3.8, 4) is 0 Å². The molecule has 0 heterocycles. The van der Waals surface area contributed by atoms with Crippen LogP contribution in [0.4, 0.5) is 4.79 Å². The van der Waals surface area contributed by atoms with Gasteiger partial charge in [-0.15, -0.1) is 0 Å². The number of hydrogen-bond donors (Lipinski definition) is 3. The third-order valence-corrected chi connectivity index (χ3v) is 3.99. The fourth-order valence-electron chi connectivity index (χ4n) is 2.13. The Morgan fingerprint density at radius 2 is 2.05 bits per heavy atom. The first-order chi connectivity index (χ1) is 8.85. The number of aliphatic carboxylic acids is 1. The van der Waals surface area contributed by atoms with Gasteiger partial charge in [-0.1, -0.05) is 6.42 Å². The van der Waals surface area contributed by atoms with Crippen LogP contribution in [0.25, 0.3) is 0 Å². The third kappa shape index (κ3) is 5.03. The van der Waals surface area contributed by atoms with Gasteiger partial charge in [0.15, 0.2) is 0 Å². The van der Waals surface area contributed by atoms with E-state index in [1.54, 1.807) is 11.6 Å². The molecular formula is C10H18N2O6S. The maximum absolute atomic E-state index is 11.5. The minimum Gasteiger partial charge on any atom is -0.481 e. The highest BCUT2D eigenvalue weighted by Crippen LogP contribution is 2.31. The van der Waals surface area contributed by atoms with Crippen molar-refractivity contribution in [1.29, 1.82) is 0 Å². The van der Waals surface area contributed by atoms with Crippen molar-refractivity contribution in [2.45, 2.75) is 26.2 Å². The quantitative estimate of drug-likeness (QED) is 0.637. The molecule has 1 aliphatic rings. The van der Waals surface area contributed by atoms with E-state index >= 15 is 0 Å². The normalized spacial score (nSPS) is 23.0. The van der Waals surface area contributed by atoms with Crippen LogP contribution < -0.4 is 9.44 Å². The molecule has 3 N–H and O–H groups in total. The van der Waals surface area contributed by atoms with E-state index in [-0.39, 0.29) is 19.1 Å². The van der Waals surface area contributed by atoms with Crippen LogP contribution in [0.3, 0.4) is 0 Å². The van der Waals surface area contributed by atoms with Crippen LogP contribution in [0.1, 0.15) is 26.2 Å². The number of rotatable bonds is 6. The molecule has 8 nitrogen and oxygen atoms in total. The summed E-state index contributed by atoms with van der Waals surface area (Å²) in [6.45, 7) is 1.60. The van der Waals surface area contributed by atoms with Crippen LogP contribution in [0.15, 0.2) is 0 Å². The van der Waals surface area contributed by atoms with E-state index in [2.05, 4.69) is 9.46 Å². The minimum absolute atomic E-state index is 0.00823. The van der Waals surface area contributed by atoms with Gasteiger partial charge in [0.05, 0.1) is 12.5 Å². The summed E-state index contributed by atoms with van der Waals surface area (Å²) in [5.41, 5.74) is 0. The number of carboxylic acids is 1. The molecule has 1 aliphatic carbocycles. The Balaban J connectivity index is 2.46. The van der Waals surface area contributed by atoms with E-state index in [0.29, 0.717) is 12.8 Å². The van der Waals surface area contributed by atoms with Crippen LogP contribution in [0, 0.1) is 11.8 Å². The molecule has 1 rings (SSSR count). The maximum atomic E-state index is 11.5. The zero-order valence-electron chi connectivity index (χ0n) is 10.6. The Bertz CT molecular complexity index is 435. The summed E-state index contributed by atoms with van der Waals surface area (Å²) in [6.07, 6.45) is 0.900. The number of nitrogens with one attached hydrogen (secondary N) is 2. The molecule has 0 saturated heterocycles. The highest BCUT2D eigenvalue weighted by Gasteiger charge is 2.33. The Morgan fingerprint density at radius 3 is 2.63 bits per heavy atom.